The van der Waals surface area contributed by atoms with Crippen LogP contribution in [0, 0.1) is 22.9 Å². The second-order valence-electron chi connectivity index (χ2n) is 12.1. The van der Waals surface area contributed by atoms with E-state index in [1.165, 1.54) is 24.4 Å². The third-order valence-corrected chi connectivity index (χ3v) is 13.4. The summed E-state index contributed by atoms with van der Waals surface area (Å²) in [6, 6.07) is 7.06. The zero-order valence-electron chi connectivity index (χ0n) is 23.9. The fourth-order valence-electron chi connectivity index (χ4n) is 6.30. The zero-order valence-corrected chi connectivity index (χ0v) is 26.4. The average molecular weight is 716 g/mol. The Bertz CT molecular complexity index is 2110. The molecule has 1 spiro atoms. The number of nitrogens with one attached hydrogen (secondary N) is 2. The minimum atomic E-state index is -4.98. The van der Waals surface area contributed by atoms with Gasteiger partial charge in [-0.3, -0.25) is 4.72 Å². The standard InChI is InChI=1S/C29H23F6N5O4S3/c30-17-4-2-5-18(31)24(17)47(43,44)40-19-6-1-3-16(21(19)32)22-23(45-25(39-22)28(8-9-28)29(33,34)35)20-7-10-36-26(38-20)37-15-11-27(12-15)13-46(41,42)14-27/h1-7,10,15,40H,8-9,11-14H2,(H,36,37,38). The monoisotopic (exact) mass is 715 g/mol. The van der Waals surface area contributed by atoms with Gasteiger partial charge in [-0.05, 0) is 56.0 Å². The van der Waals surface area contributed by atoms with E-state index in [4.69, 9.17) is 0 Å². The number of anilines is 2. The van der Waals surface area contributed by atoms with Crippen LogP contribution in [0.5, 0.6) is 0 Å². The number of thiazole rings is 1. The van der Waals surface area contributed by atoms with Gasteiger partial charge in [0.05, 0.1) is 33.5 Å². The van der Waals surface area contributed by atoms with Crippen LogP contribution < -0.4 is 10.0 Å². The Kier molecular flexibility index (Phi) is 7.19. The molecule has 1 saturated heterocycles. The van der Waals surface area contributed by atoms with E-state index in [2.05, 4.69) is 20.3 Å². The lowest BCUT2D eigenvalue weighted by molar-refractivity contribution is -0.160. The third-order valence-electron chi connectivity index (χ3n) is 8.65. The largest absolute Gasteiger partial charge is 0.400 e. The summed E-state index contributed by atoms with van der Waals surface area (Å²) in [6.45, 7) is 0. The van der Waals surface area contributed by atoms with Gasteiger partial charge in [-0.25, -0.2) is 45.0 Å². The summed E-state index contributed by atoms with van der Waals surface area (Å²) in [4.78, 5) is 11.6. The molecule has 47 heavy (non-hydrogen) atoms. The van der Waals surface area contributed by atoms with Crippen molar-refractivity contribution in [3.05, 3.63) is 71.1 Å². The van der Waals surface area contributed by atoms with Crippen LogP contribution in [0.1, 0.15) is 30.7 Å². The Labute approximate surface area is 268 Å². The summed E-state index contributed by atoms with van der Waals surface area (Å²) in [7, 11) is -8.00. The van der Waals surface area contributed by atoms with Gasteiger partial charge >= 0.3 is 6.18 Å². The highest BCUT2D eigenvalue weighted by atomic mass is 32.2. The van der Waals surface area contributed by atoms with Crippen molar-refractivity contribution in [2.45, 2.75) is 48.2 Å². The van der Waals surface area contributed by atoms with Crippen LogP contribution >= 0.6 is 11.3 Å². The van der Waals surface area contributed by atoms with Gasteiger partial charge in [0.25, 0.3) is 10.0 Å². The van der Waals surface area contributed by atoms with E-state index < -0.39 is 59.5 Å². The van der Waals surface area contributed by atoms with E-state index in [1.54, 1.807) is 0 Å². The van der Waals surface area contributed by atoms with E-state index in [9.17, 15) is 38.8 Å². The van der Waals surface area contributed by atoms with Crippen LogP contribution in [-0.4, -0.2) is 55.5 Å². The molecule has 3 aliphatic rings. The fourth-order valence-corrected chi connectivity index (χ4v) is 11.1. The number of sulfonamides is 1. The molecular weight excluding hydrogens is 693 g/mol. The first-order valence-corrected chi connectivity index (χ1v) is 18.3. The number of nitrogens with zero attached hydrogens (tertiary/aromatic N) is 3. The number of aromatic nitrogens is 3. The molecule has 4 aromatic rings. The first-order chi connectivity index (χ1) is 22.0. The molecule has 0 atom stereocenters. The van der Waals surface area contributed by atoms with Crippen molar-refractivity contribution in [2.75, 3.05) is 21.5 Å². The molecule has 2 N–H and O–H groups in total. The molecule has 0 amide bonds. The topological polar surface area (TPSA) is 131 Å². The maximum Gasteiger partial charge on any atom is 0.400 e. The summed E-state index contributed by atoms with van der Waals surface area (Å²) in [5.41, 5.74) is -3.74. The van der Waals surface area contributed by atoms with E-state index >= 15 is 4.39 Å². The molecule has 3 heterocycles. The Morgan fingerprint density at radius 1 is 0.936 bits per heavy atom. The lowest BCUT2D eigenvalue weighted by Gasteiger charge is -2.53. The predicted octanol–water partition coefficient (Wildman–Crippen LogP) is 6.07. The molecule has 0 unspecified atom stereocenters. The summed E-state index contributed by atoms with van der Waals surface area (Å²) in [5, 5.41) is 2.79. The van der Waals surface area contributed by atoms with Gasteiger partial charge in [0.1, 0.15) is 22.1 Å². The first kappa shape index (κ1) is 31.8. The third kappa shape index (κ3) is 5.52. The Morgan fingerprint density at radius 3 is 2.21 bits per heavy atom. The van der Waals surface area contributed by atoms with Crippen molar-refractivity contribution in [1.29, 1.82) is 0 Å². The summed E-state index contributed by atoms with van der Waals surface area (Å²) in [5.74, 6) is -3.72. The SMILES string of the molecule is O=S1(=O)CC2(CC(Nc3nccc(-c4sc(C5(C(F)(F)F)CC5)nc4-c4cccc(NS(=O)(=O)c5c(F)cccc5F)c4F)n3)C2)C1. The van der Waals surface area contributed by atoms with Gasteiger partial charge in [0.15, 0.2) is 20.5 Å². The van der Waals surface area contributed by atoms with Crippen molar-refractivity contribution < 1.29 is 43.2 Å². The smallest absolute Gasteiger partial charge is 0.351 e. The molecule has 2 aliphatic carbocycles. The summed E-state index contributed by atoms with van der Waals surface area (Å²) in [6.07, 6.45) is -2.59. The zero-order chi connectivity index (χ0) is 33.6. The van der Waals surface area contributed by atoms with Crippen molar-refractivity contribution in [3.63, 3.8) is 0 Å². The van der Waals surface area contributed by atoms with Gasteiger partial charge in [-0.2, -0.15) is 13.2 Å². The maximum absolute atomic E-state index is 16.1. The van der Waals surface area contributed by atoms with E-state index in [0.717, 1.165) is 12.1 Å². The number of hydrogen-bond acceptors (Lipinski definition) is 9. The molecule has 3 fully saturated rings. The average Bonchev–Trinajstić information content (AvgIpc) is 3.66. The molecule has 2 aromatic carbocycles. The van der Waals surface area contributed by atoms with Gasteiger partial charge < -0.3 is 5.32 Å². The quantitative estimate of drug-likeness (QED) is 0.211. The van der Waals surface area contributed by atoms with Crippen LogP contribution in [0.4, 0.5) is 38.0 Å². The predicted molar refractivity (Wildman–Crippen MR) is 160 cm³/mol. The number of alkyl halides is 3. The van der Waals surface area contributed by atoms with Gasteiger partial charge in [-0.15, -0.1) is 11.3 Å². The van der Waals surface area contributed by atoms with Crippen molar-refractivity contribution >= 4 is 42.8 Å². The Morgan fingerprint density at radius 2 is 1.60 bits per heavy atom. The van der Waals surface area contributed by atoms with E-state index in [0.29, 0.717) is 36.3 Å². The number of rotatable bonds is 8. The highest BCUT2D eigenvalue weighted by Gasteiger charge is 2.66. The number of benzene rings is 2. The molecule has 18 heteroatoms. The van der Waals surface area contributed by atoms with Gasteiger partial charge in [0, 0.05) is 23.2 Å². The lowest BCUT2D eigenvalue weighted by atomic mass is 9.67. The second-order valence-corrected chi connectivity index (χ2v) is 16.8. The Balaban J connectivity index is 1.25. The minimum Gasteiger partial charge on any atom is -0.351 e. The van der Waals surface area contributed by atoms with E-state index in [1.807, 2.05) is 4.72 Å². The molecule has 248 valence electrons. The molecule has 9 nitrogen and oxygen atoms in total. The number of hydrogen-bond donors (Lipinski definition) is 2. The van der Waals surface area contributed by atoms with Crippen molar-refractivity contribution in [1.82, 2.24) is 15.0 Å². The van der Waals surface area contributed by atoms with Crippen LogP contribution in [0.2, 0.25) is 0 Å². The summed E-state index contributed by atoms with van der Waals surface area (Å²) < 4.78 is 138. The maximum atomic E-state index is 16.1. The fraction of sp³-hybridized carbons (Fsp3) is 0.345. The molecule has 0 bridgehead atoms. The molecule has 2 saturated carbocycles. The van der Waals surface area contributed by atoms with Crippen LogP contribution in [0.25, 0.3) is 21.8 Å². The highest BCUT2D eigenvalue weighted by molar-refractivity contribution is 7.93. The highest BCUT2D eigenvalue weighted by Crippen LogP contribution is 2.61. The van der Waals surface area contributed by atoms with Crippen molar-refractivity contribution in [3.8, 4) is 21.8 Å². The van der Waals surface area contributed by atoms with Crippen molar-refractivity contribution in [2.24, 2.45) is 5.41 Å². The molecular formula is C29H23F6N5O4S3. The van der Waals surface area contributed by atoms with Crippen LogP contribution in [0.15, 0.2) is 53.6 Å². The molecule has 7 rings (SSSR count). The Hall–Kier alpha value is -3.77. The number of sulfone groups is 1. The summed E-state index contributed by atoms with van der Waals surface area (Å²) >= 11 is 0.671. The molecule has 0 radical (unpaired) electrons. The minimum absolute atomic E-state index is 0.0511. The number of halogens is 6. The molecule has 1 aliphatic heterocycles. The van der Waals surface area contributed by atoms with Crippen LogP contribution in [-0.2, 0) is 25.3 Å². The second kappa shape index (κ2) is 10.6. The van der Waals surface area contributed by atoms with Gasteiger partial charge in [-0.1, -0.05) is 12.1 Å². The van der Waals surface area contributed by atoms with Crippen LogP contribution in [0.3, 0.4) is 0 Å². The first-order valence-electron chi connectivity index (χ1n) is 14.2. The van der Waals surface area contributed by atoms with E-state index in [-0.39, 0.29) is 68.6 Å². The molecule has 2 aromatic heterocycles. The van der Waals surface area contributed by atoms with Gasteiger partial charge in [0.2, 0.25) is 5.95 Å². The normalized spacial score (nSPS) is 19.5. The lowest BCUT2D eigenvalue weighted by Crippen LogP contribution is -2.60.